The summed E-state index contributed by atoms with van der Waals surface area (Å²) >= 11 is 0. The molecule has 1 aromatic heterocycles. The Bertz CT molecular complexity index is 4180. The largest absolute Gasteiger partial charge is 0.310 e. The summed E-state index contributed by atoms with van der Waals surface area (Å²) in [5, 5.41) is 2.46. The SMILES string of the molecule is c1ccc(-c2ccccc2-c2c(-c3ccccc3)cccc2N(c2cccc(-c3cccc4c3c3ccccc3n4-c3ccccc3)c2)c2ccc3c(c2)-c2ccccc2C3(c2ccccc2)c2ccccc2)cc1. The van der Waals surface area contributed by atoms with Gasteiger partial charge in [-0.3, -0.25) is 0 Å². The van der Waals surface area contributed by atoms with Crippen LogP contribution in [0, 0.1) is 0 Å². The fourth-order valence-corrected chi connectivity index (χ4v) is 12.4. The van der Waals surface area contributed by atoms with Crippen LogP contribution >= 0.6 is 0 Å². The molecule has 1 aliphatic carbocycles. The normalized spacial score (nSPS) is 12.4. The van der Waals surface area contributed by atoms with E-state index < -0.39 is 5.41 Å². The molecule has 75 heavy (non-hydrogen) atoms. The highest BCUT2D eigenvalue weighted by Gasteiger charge is 2.46. The third-order valence-electron chi connectivity index (χ3n) is 15.5. The summed E-state index contributed by atoms with van der Waals surface area (Å²) in [6, 6.07) is 112. The van der Waals surface area contributed by atoms with Crippen molar-refractivity contribution >= 4 is 38.9 Å². The van der Waals surface area contributed by atoms with Gasteiger partial charge in [0.05, 0.1) is 22.1 Å². The molecule has 352 valence electrons. The smallest absolute Gasteiger partial charge is 0.0713 e. The fraction of sp³-hybridized carbons (Fsp3) is 0.0137. The zero-order valence-electron chi connectivity index (χ0n) is 41.3. The van der Waals surface area contributed by atoms with Crippen molar-refractivity contribution in [1.82, 2.24) is 4.57 Å². The summed E-state index contributed by atoms with van der Waals surface area (Å²) in [5.74, 6) is 0. The quantitative estimate of drug-likeness (QED) is 0.133. The Morgan fingerprint density at radius 1 is 0.293 bits per heavy atom. The predicted molar refractivity (Wildman–Crippen MR) is 315 cm³/mol. The minimum absolute atomic E-state index is 0.525. The highest BCUT2D eigenvalue weighted by atomic mass is 15.1. The van der Waals surface area contributed by atoms with Crippen molar-refractivity contribution < 1.29 is 0 Å². The summed E-state index contributed by atoms with van der Waals surface area (Å²) in [4.78, 5) is 2.52. The van der Waals surface area contributed by atoms with Crippen LogP contribution in [0.25, 0.3) is 83.1 Å². The number of hydrogen-bond donors (Lipinski definition) is 0. The molecule has 0 radical (unpaired) electrons. The Labute approximate surface area is 438 Å². The van der Waals surface area contributed by atoms with Crippen LogP contribution in [-0.2, 0) is 5.41 Å². The van der Waals surface area contributed by atoms with E-state index in [0.717, 1.165) is 50.6 Å². The van der Waals surface area contributed by atoms with E-state index in [9.17, 15) is 0 Å². The highest BCUT2D eigenvalue weighted by molar-refractivity contribution is 6.16. The molecular formula is C73H50N2. The average Bonchev–Trinajstić information content (AvgIpc) is 4.04. The maximum absolute atomic E-state index is 2.52. The minimum atomic E-state index is -0.525. The number of aromatic nitrogens is 1. The van der Waals surface area contributed by atoms with Gasteiger partial charge in [-0.1, -0.05) is 249 Å². The summed E-state index contributed by atoms with van der Waals surface area (Å²) in [5.41, 5.74) is 23.0. The van der Waals surface area contributed by atoms with Crippen molar-refractivity contribution in [3.63, 3.8) is 0 Å². The van der Waals surface area contributed by atoms with E-state index in [-0.39, 0.29) is 0 Å². The Balaban J connectivity index is 1.06. The lowest BCUT2D eigenvalue weighted by Gasteiger charge is -2.34. The van der Waals surface area contributed by atoms with Gasteiger partial charge in [-0.25, -0.2) is 0 Å². The summed E-state index contributed by atoms with van der Waals surface area (Å²) in [7, 11) is 0. The van der Waals surface area contributed by atoms with E-state index in [1.165, 1.54) is 71.9 Å². The second-order valence-corrected chi connectivity index (χ2v) is 19.5. The molecule has 0 saturated heterocycles. The van der Waals surface area contributed by atoms with Gasteiger partial charge in [0.1, 0.15) is 0 Å². The van der Waals surface area contributed by atoms with Gasteiger partial charge >= 0.3 is 0 Å². The lowest BCUT2D eigenvalue weighted by Crippen LogP contribution is -2.28. The Kier molecular flexibility index (Phi) is 10.8. The molecule has 14 rings (SSSR count). The zero-order chi connectivity index (χ0) is 49.7. The topological polar surface area (TPSA) is 8.17 Å². The molecule has 0 saturated carbocycles. The summed E-state index contributed by atoms with van der Waals surface area (Å²) in [6.07, 6.45) is 0. The van der Waals surface area contributed by atoms with Gasteiger partial charge in [0.2, 0.25) is 0 Å². The number of hydrogen-bond acceptors (Lipinski definition) is 1. The Morgan fingerprint density at radius 2 is 0.787 bits per heavy atom. The number of nitrogens with zero attached hydrogens (tertiary/aromatic N) is 2. The number of para-hydroxylation sites is 2. The van der Waals surface area contributed by atoms with Crippen molar-refractivity contribution in [2.45, 2.75) is 5.41 Å². The van der Waals surface area contributed by atoms with Crippen molar-refractivity contribution in [3.8, 4) is 61.3 Å². The molecule has 1 heterocycles. The molecule has 0 spiro atoms. The molecule has 13 aromatic rings. The Morgan fingerprint density at radius 3 is 1.51 bits per heavy atom. The van der Waals surface area contributed by atoms with Crippen LogP contribution in [0.3, 0.4) is 0 Å². The number of anilines is 3. The van der Waals surface area contributed by atoms with Crippen LogP contribution in [0.2, 0.25) is 0 Å². The van der Waals surface area contributed by atoms with E-state index in [0.29, 0.717) is 0 Å². The van der Waals surface area contributed by atoms with Crippen molar-refractivity contribution in [3.05, 3.63) is 326 Å². The fourth-order valence-electron chi connectivity index (χ4n) is 12.4. The van der Waals surface area contributed by atoms with Crippen LogP contribution in [-0.4, -0.2) is 4.57 Å². The molecule has 0 aliphatic heterocycles. The molecular weight excluding hydrogens is 905 g/mol. The van der Waals surface area contributed by atoms with E-state index in [4.69, 9.17) is 0 Å². The van der Waals surface area contributed by atoms with Crippen molar-refractivity contribution in [2.24, 2.45) is 0 Å². The molecule has 1 aliphatic rings. The third-order valence-corrected chi connectivity index (χ3v) is 15.5. The van der Waals surface area contributed by atoms with Crippen LogP contribution in [0.15, 0.2) is 303 Å². The van der Waals surface area contributed by atoms with E-state index in [1.807, 2.05) is 0 Å². The molecule has 0 fully saturated rings. The van der Waals surface area contributed by atoms with E-state index >= 15 is 0 Å². The minimum Gasteiger partial charge on any atom is -0.310 e. The number of rotatable bonds is 10. The first-order valence-electron chi connectivity index (χ1n) is 25.9. The zero-order valence-corrected chi connectivity index (χ0v) is 41.3. The van der Waals surface area contributed by atoms with Gasteiger partial charge in [-0.2, -0.15) is 0 Å². The highest BCUT2D eigenvalue weighted by Crippen LogP contribution is 2.58. The van der Waals surface area contributed by atoms with Gasteiger partial charge in [-0.05, 0) is 127 Å². The first kappa shape index (κ1) is 44.0. The van der Waals surface area contributed by atoms with Gasteiger partial charge in [0.15, 0.2) is 0 Å². The predicted octanol–water partition coefficient (Wildman–Crippen LogP) is 19.3. The molecule has 0 bridgehead atoms. The van der Waals surface area contributed by atoms with E-state index in [1.54, 1.807) is 0 Å². The van der Waals surface area contributed by atoms with E-state index in [2.05, 4.69) is 313 Å². The molecule has 12 aromatic carbocycles. The Hall–Kier alpha value is -9.76. The van der Waals surface area contributed by atoms with Crippen LogP contribution in [0.5, 0.6) is 0 Å². The van der Waals surface area contributed by atoms with Crippen molar-refractivity contribution in [2.75, 3.05) is 4.90 Å². The molecule has 0 N–H and O–H groups in total. The van der Waals surface area contributed by atoms with Gasteiger partial charge in [0.25, 0.3) is 0 Å². The average molecular weight is 955 g/mol. The molecule has 0 amide bonds. The monoisotopic (exact) mass is 954 g/mol. The van der Waals surface area contributed by atoms with Crippen LogP contribution in [0.1, 0.15) is 22.3 Å². The molecule has 0 atom stereocenters. The first-order valence-corrected chi connectivity index (χ1v) is 25.9. The van der Waals surface area contributed by atoms with Crippen molar-refractivity contribution in [1.29, 1.82) is 0 Å². The maximum atomic E-state index is 2.52. The lowest BCUT2D eigenvalue weighted by molar-refractivity contribution is 0.768. The third kappa shape index (κ3) is 7.17. The standard InChI is InChI=1S/C73H50N2/c1-6-25-51(26-7-1)59-37-16-17-39-63(59)71-60(52-27-8-2-9-28-52)41-23-45-69(71)74(57-36-22-29-53(49-57)61-42-24-46-70-72(61)64-40-19-21-44-68(64)75(70)56-34-14-5-15-35-56)58-47-48-67-65(50-58)62-38-18-20-43-66(62)73(67,54-30-10-3-11-31-54)55-32-12-4-13-33-55/h1-50H. The molecule has 0 unspecified atom stereocenters. The van der Waals surface area contributed by atoms with Crippen LogP contribution < -0.4 is 4.90 Å². The van der Waals surface area contributed by atoms with Gasteiger partial charge < -0.3 is 9.47 Å². The maximum Gasteiger partial charge on any atom is 0.0713 e. The second kappa shape index (κ2) is 18.4. The number of fused-ring (bicyclic) bond motifs is 6. The molecule has 2 heteroatoms. The summed E-state index contributed by atoms with van der Waals surface area (Å²) in [6.45, 7) is 0. The second-order valence-electron chi connectivity index (χ2n) is 19.5. The number of benzene rings is 12. The lowest BCUT2D eigenvalue weighted by atomic mass is 9.68. The first-order chi connectivity index (χ1) is 37.3. The van der Waals surface area contributed by atoms with Gasteiger partial charge in [0, 0.05) is 33.4 Å². The van der Waals surface area contributed by atoms with Gasteiger partial charge in [-0.15, -0.1) is 0 Å². The van der Waals surface area contributed by atoms with Crippen LogP contribution in [0.4, 0.5) is 17.1 Å². The summed E-state index contributed by atoms with van der Waals surface area (Å²) < 4.78 is 2.41. The molecule has 2 nitrogen and oxygen atoms in total.